The van der Waals surface area contributed by atoms with Gasteiger partial charge in [0.05, 0.1) is 12.0 Å². The highest BCUT2D eigenvalue weighted by molar-refractivity contribution is 6.70. The van der Waals surface area contributed by atoms with Gasteiger partial charge in [-0.05, 0) is 52.1 Å². The highest BCUT2D eigenvalue weighted by Crippen LogP contribution is 2.47. The van der Waals surface area contributed by atoms with Gasteiger partial charge in [0, 0.05) is 25.0 Å². The first-order valence-corrected chi connectivity index (χ1v) is 15.5. The molecule has 3 atom stereocenters. The van der Waals surface area contributed by atoms with Crippen LogP contribution in [0.3, 0.4) is 0 Å². The van der Waals surface area contributed by atoms with E-state index in [1.165, 1.54) is 0 Å². The van der Waals surface area contributed by atoms with E-state index >= 15 is 0 Å². The summed E-state index contributed by atoms with van der Waals surface area (Å²) in [6, 6.07) is 0. The number of ether oxygens (including phenoxy) is 1. The van der Waals surface area contributed by atoms with Gasteiger partial charge < -0.3 is 13.6 Å². The van der Waals surface area contributed by atoms with Crippen LogP contribution in [-0.4, -0.2) is 42.4 Å². The van der Waals surface area contributed by atoms with E-state index in [-0.39, 0.29) is 11.9 Å². The summed E-state index contributed by atoms with van der Waals surface area (Å²) < 4.78 is 17.5. The van der Waals surface area contributed by atoms with E-state index in [4.69, 9.17) is 13.6 Å². The van der Waals surface area contributed by atoms with Crippen LogP contribution < -0.4 is 0 Å². The second-order valence-electron chi connectivity index (χ2n) is 8.84. The number of rotatable bonds is 6. The third-order valence-corrected chi connectivity index (χ3v) is 6.63. The Bertz CT molecular complexity index is 464. The average molecular weight is 357 g/mol. The minimum absolute atomic E-state index is 0.0379. The fraction of sp³-hybridized carbons (Fsp3) is 0.824. The van der Waals surface area contributed by atoms with Crippen molar-refractivity contribution in [3.63, 3.8) is 0 Å². The summed E-state index contributed by atoms with van der Waals surface area (Å²) in [5.41, 5.74) is -0.401. The topological polar surface area (TPSA) is 44.8 Å². The van der Waals surface area contributed by atoms with Gasteiger partial charge in [-0.2, -0.15) is 0 Å². The summed E-state index contributed by atoms with van der Waals surface area (Å²) in [5.74, 6) is 0.395. The quantitative estimate of drug-likeness (QED) is 0.412. The van der Waals surface area contributed by atoms with Crippen molar-refractivity contribution in [1.29, 1.82) is 0 Å². The number of carbonyl (C=O) groups excluding carboxylic acids is 1. The highest BCUT2D eigenvalue weighted by atomic mass is 28.4. The highest BCUT2D eigenvalue weighted by Gasteiger charge is 2.52. The van der Waals surface area contributed by atoms with Crippen molar-refractivity contribution in [1.82, 2.24) is 0 Å². The van der Waals surface area contributed by atoms with Crippen molar-refractivity contribution in [3.8, 4) is 0 Å². The molecule has 0 saturated carbocycles. The average Bonchev–Trinajstić information content (AvgIpc) is 2.75. The largest absolute Gasteiger partial charge is 0.465 e. The van der Waals surface area contributed by atoms with Crippen molar-refractivity contribution < 1.29 is 18.4 Å². The van der Waals surface area contributed by atoms with Crippen LogP contribution in [0.15, 0.2) is 12.2 Å². The number of hydrogen-bond donors (Lipinski definition) is 0. The van der Waals surface area contributed by atoms with Crippen molar-refractivity contribution in [2.24, 2.45) is 17.3 Å². The van der Waals surface area contributed by atoms with Gasteiger partial charge in [0.2, 0.25) is 0 Å². The molecule has 1 aliphatic heterocycles. The zero-order chi connectivity index (χ0) is 17.3. The number of carbonyl (C=O) groups is 1. The molecular weight excluding hydrogens is 324 g/mol. The molecule has 1 heterocycles. The van der Waals surface area contributed by atoms with Gasteiger partial charge in [-0.1, -0.05) is 12.2 Å². The molecule has 4 nitrogen and oxygen atoms in total. The molecule has 0 unspecified atom stereocenters. The lowest BCUT2D eigenvalue weighted by atomic mass is 9.65. The molecule has 0 aromatic heterocycles. The van der Waals surface area contributed by atoms with E-state index in [0.717, 1.165) is 12.8 Å². The Balaban J connectivity index is 2.10. The predicted octanol–water partition coefficient (Wildman–Crippen LogP) is 3.82. The van der Waals surface area contributed by atoms with E-state index in [0.29, 0.717) is 25.7 Å². The van der Waals surface area contributed by atoms with Crippen LogP contribution in [0.5, 0.6) is 0 Å². The Morgan fingerprint density at radius 2 is 1.70 bits per heavy atom. The lowest BCUT2D eigenvalue weighted by Gasteiger charge is -2.39. The van der Waals surface area contributed by atoms with Crippen molar-refractivity contribution in [2.75, 3.05) is 19.8 Å². The molecule has 1 spiro atoms. The fourth-order valence-electron chi connectivity index (χ4n) is 3.28. The maximum Gasteiger partial charge on any atom is 0.312 e. The summed E-state index contributed by atoms with van der Waals surface area (Å²) in [6.45, 7) is 15.0. The normalized spacial score (nSPS) is 31.7. The minimum atomic E-state index is -1.59. The van der Waals surface area contributed by atoms with Crippen LogP contribution in [0.25, 0.3) is 0 Å². The number of esters is 1. The molecule has 23 heavy (non-hydrogen) atoms. The molecule has 0 radical (unpaired) electrons. The molecule has 2 rings (SSSR count). The molecule has 0 bridgehead atoms. The van der Waals surface area contributed by atoms with Gasteiger partial charge in [-0.15, -0.1) is 0 Å². The van der Waals surface area contributed by atoms with Crippen LogP contribution in [0, 0.1) is 17.3 Å². The van der Waals surface area contributed by atoms with E-state index in [1.54, 1.807) is 0 Å². The Labute approximate surface area is 142 Å². The lowest BCUT2D eigenvalue weighted by Crippen LogP contribution is -2.43. The van der Waals surface area contributed by atoms with Crippen LogP contribution >= 0.6 is 0 Å². The molecule has 0 aromatic carbocycles. The first-order chi connectivity index (χ1) is 10.5. The van der Waals surface area contributed by atoms with Gasteiger partial charge >= 0.3 is 5.97 Å². The summed E-state index contributed by atoms with van der Waals surface area (Å²) in [5, 5.41) is 0. The van der Waals surface area contributed by atoms with Gasteiger partial charge in [0.25, 0.3) is 0 Å². The SMILES string of the molecule is C[Si](C)(C)OC[C@H]1C=C[C@@H](CO[Si](C)(C)C)[C@]2(CCOC2=O)C1. The second kappa shape index (κ2) is 6.82. The van der Waals surface area contributed by atoms with Gasteiger partial charge in [-0.3, -0.25) is 4.79 Å². The van der Waals surface area contributed by atoms with E-state index < -0.39 is 22.0 Å². The molecule has 2 aliphatic rings. The first kappa shape index (κ1) is 18.9. The van der Waals surface area contributed by atoms with Crippen LogP contribution in [0.4, 0.5) is 0 Å². The zero-order valence-corrected chi connectivity index (χ0v) is 17.5. The second-order valence-corrected chi connectivity index (χ2v) is 17.9. The van der Waals surface area contributed by atoms with E-state index in [9.17, 15) is 4.79 Å². The maximum atomic E-state index is 12.5. The van der Waals surface area contributed by atoms with Crippen molar-refractivity contribution in [3.05, 3.63) is 12.2 Å². The van der Waals surface area contributed by atoms with Crippen LogP contribution in [-0.2, 0) is 18.4 Å². The third kappa shape index (κ3) is 5.02. The number of cyclic esters (lactones) is 1. The van der Waals surface area contributed by atoms with Gasteiger partial charge in [-0.25, -0.2) is 0 Å². The van der Waals surface area contributed by atoms with E-state index in [2.05, 4.69) is 51.4 Å². The van der Waals surface area contributed by atoms with E-state index in [1.807, 2.05) is 0 Å². The minimum Gasteiger partial charge on any atom is -0.465 e. The molecule has 6 heteroatoms. The van der Waals surface area contributed by atoms with Gasteiger partial charge in [0.1, 0.15) is 0 Å². The van der Waals surface area contributed by atoms with Crippen molar-refractivity contribution in [2.45, 2.75) is 52.1 Å². The Morgan fingerprint density at radius 1 is 1.09 bits per heavy atom. The molecule has 1 aliphatic carbocycles. The molecule has 1 fully saturated rings. The molecule has 0 N–H and O–H groups in total. The molecule has 1 saturated heterocycles. The summed E-state index contributed by atoms with van der Waals surface area (Å²) in [7, 11) is -3.13. The summed E-state index contributed by atoms with van der Waals surface area (Å²) in [4.78, 5) is 12.5. The Kier molecular flexibility index (Phi) is 5.60. The predicted molar refractivity (Wildman–Crippen MR) is 97.3 cm³/mol. The monoisotopic (exact) mass is 356 g/mol. The number of hydrogen-bond acceptors (Lipinski definition) is 4. The summed E-state index contributed by atoms with van der Waals surface area (Å²) in [6.07, 6.45) is 6.05. The summed E-state index contributed by atoms with van der Waals surface area (Å²) >= 11 is 0. The molecule has 0 amide bonds. The zero-order valence-electron chi connectivity index (χ0n) is 15.5. The lowest BCUT2D eigenvalue weighted by molar-refractivity contribution is -0.150. The Morgan fingerprint density at radius 3 is 2.22 bits per heavy atom. The maximum absolute atomic E-state index is 12.5. The van der Waals surface area contributed by atoms with Crippen molar-refractivity contribution >= 4 is 22.6 Å². The van der Waals surface area contributed by atoms with Gasteiger partial charge in [0.15, 0.2) is 16.6 Å². The standard InChI is InChI=1S/C17H32O4Si2/c1-22(2,3)20-12-14-7-8-15(13-21-23(4,5)6)17(11-14)9-10-19-16(17)18/h7-8,14-15H,9-13H2,1-6H3/t14-,15-,17-/m0/s1. The first-order valence-electron chi connectivity index (χ1n) is 8.65. The Hall–Kier alpha value is -0.436. The fourth-order valence-corrected chi connectivity index (χ4v) is 4.68. The van der Waals surface area contributed by atoms with Crippen LogP contribution in [0.1, 0.15) is 12.8 Å². The smallest absolute Gasteiger partial charge is 0.312 e. The third-order valence-electron chi connectivity index (χ3n) is 4.57. The molecule has 0 aromatic rings. The molecule has 132 valence electrons. The van der Waals surface area contributed by atoms with Crippen LogP contribution in [0.2, 0.25) is 39.3 Å². The molecular formula is C17H32O4Si2.